The van der Waals surface area contributed by atoms with Crippen LogP contribution in [0.2, 0.25) is 0 Å². The van der Waals surface area contributed by atoms with Crippen LogP contribution in [0.1, 0.15) is 41.5 Å². The fourth-order valence-corrected chi connectivity index (χ4v) is 7.91. The van der Waals surface area contributed by atoms with Crippen LogP contribution in [0.15, 0.2) is 0 Å². The number of hydrogen-bond donors (Lipinski definition) is 0. The van der Waals surface area contributed by atoms with Gasteiger partial charge >= 0.3 is 0 Å². The Morgan fingerprint density at radius 2 is 0.944 bits per heavy atom. The van der Waals surface area contributed by atoms with Crippen LogP contribution in [0, 0.1) is 11.8 Å². The van der Waals surface area contributed by atoms with Gasteiger partial charge in [-0.15, -0.1) is 49.8 Å². The fraction of sp³-hybridized carbons (Fsp3) is 1.00. The summed E-state index contributed by atoms with van der Waals surface area (Å²) < 4.78 is 0. The van der Waals surface area contributed by atoms with E-state index in [2.05, 4.69) is 41.5 Å². The first-order chi connectivity index (χ1) is 7.49. The van der Waals surface area contributed by atoms with Crippen molar-refractivity contribution in [1.82, 2.24) is 0 Å². The molecule has 0 bridgehead atoms. The van der Waals surface area contributed by atoms with Crippen LogP contribution in [-0.2, 0) is 0 Å². The SMILES string of the molecule is Br.Br.CCP(CCP(CC)CC(C)C)CC(C)C. The summed E-state index contributed by atoms with van der Waals surface area (Å²) in [5.41, 5.74) is 0. The van der Waals surface area contributed by atoms with Gasteiger partial charge in [-0.1, -0.05) is 41.5 Å². The van der Waals surface area contributed by atoms with Crippen molar-refractivity contribution in [3.63, 3.8) is 0 Å². The first kappa shape index (κ1) is 24.8. The van der Waals surface area contributed by atoms with Gasteiger partial charge in [0.1, 0.15) is 0 Å². The molecule has 0 saturated carbocycles. The Bertz CT molecular complexity index is 146. The average molecular weight is 424 g/mol. The molecule has 0 rings (SSSR count). The number of halogens is 2. The zero-order valence-electron chi connectivity index (χ0n) is 13.1. The summed E-state index contributed by atoms with van der Waals surface area (Å²) in [5.74, 6) is 1.81. The molecule has 114 valence electrons. The highest BCUT2D eigenvalue weighted by molar-refractivity contribution is 8.93. The molecule has 0 spiro atoms. The van der Waals surface area contributed by atoms with Crippen LogP contribution in [0.5, 0.6) is 0 Å². The zero-order valence-corrected chi connectivity index (χ0v) is 18.3. The molecule has 0 fully saturated rings. The normalized spacial score (nSPS) is 14.0. The van der Waals surface area contributed by atoms with E-state index in [-0.39, 0.29) is 34.0 Å². The summed E-state index contributed by atoms with van der Waals surface area (Å²) in [6, 6.07) is 0. The van der Waals surface area contributed by atoms with Gasteiger partial charge in [0.25, 0.3) is 0 Å². The fourth-order valence-electron chi connectivity index (χ4n) is 2.07. The Morgan fingerprint density at radius 3 is 1.11 bits per heavy atom. The van der Waals surface area contributed by atoms with Crippen molar-refractivity contribution in [2.45, 2.75) is 41.5 Å². The summed E-state index contributed by atoms with van der Waals surface area (Å²) in [7, 11) is 0.710. The maximum Gasteiger partial charge on any atom is -0.0286 e. The van der Waals surface area contributed by atoms with Crippen molar-refractivity contribution in [2.75, 3.05) is 37.0 Å². The van der Waals surface area contributed by atoms with E-state index in [4.69, 9.17) is 0 Å². The Labute approximate surface area is 140 Å². The van der Waals surface area contributed by atoms with E-state index in [1.165, 1.54) is 24.6 Å². The minimum absolute atomic E-state index is 0. The van der Waals surface area contributed by atoms with Gasteiger partial charge in [0.15, 0.2) is 0 Å². The van der Waals surface area contributed by atoms with Crippen molar-refractivity contribution in [3.05, 3.63) is 0 Å². The standard InChI is InChI=1S/C14H32P2.2BrH/c1-7-15(11-13(3)4)9-10-16(8-2)12-14(5)6;;/h13-14H,7-12H2,1-6H3;2*1H. The van der Waals surface area contributed by atoms with Crippen molar-refractivity contribution in [2.24, 2.45) is 11.8 Å². The lowest BCUT2D eigenvalue weighted by Crippen LogP contribution is -2.05. The average Bonchev–Trinajstić information content (AvgIpc) is 2.20. The molecule has 2 atom stereocenters. The van der Waals surface area contributed by atoms with Gasteiger partial charge in [-0.2, -0.15) is 0 Å². The molecular weight excluding hydrogens is 390 g/mol. The van der Waals surface area contributed by atoms with E-state index >= 15 is 0 Å². The summed E-state index contributed by atoms with van der Waals surface area (Å²) in [4.78, 5) is 0. The predicted octanol–water partition coefficient (Wildman–Crippen LogP) is 6.46. The summed E-state index contributed by atoms with van der Waals surface area (Å²) >= 11 is 0. The number of hydrogen-bond acceptors (Lipinski definition) is 0. The lowest BCUT2D eigenvalue weighted by Gasteiger charge is -2.23. The van der Waals surface area contributed by atoms with Crippen LogP contribution in [-0.4, -0.2) is 37.0 Å². The Kier molecular flexibility index (Phi) is 21.0. The molecule has 0 saturated heterocycles. The number of rotatable bonds is 9. The van der Waals surface area contributed by atoms with Crippen molar-refractivity contribution in [1.29, 1.82) is 0 Å². The predicted molar refractivity (Wildman–Crippen MR) is 105 cm³/mol. The molecule has 0 nitrogen and oxygen atoms in total. The molecule has 4 heteroatoms. The van der Waals surface area contributed by atoms with Gasteiger partial charge < -0.3 is 0 Å². The highest BCUT2D eigenvalue weighted by atomic mass is 79.9. The first-order valence-electron chi connectivity index (χ1n) is 6.94. The Balaban J connectivity index is -0.00000112. The molecule has 0 aromatic heterocycles. The van der Waals surface area contributed by atoms with Gasteiger partial charge in [0.2, 0.25) is 0 Å². The van der Waals surface area contributed by atoms with E-state index in [1.807, 2.05) is 0 Å². The largest absolute Gasteiger partial charge is 0.114 e. The third kappa shape index (κ3) is 14.2. The van der Waals surface area contributed by atoms with Gasteiger partial charge in [0, 0.05) is 0 Å². The minimum Gasteiger partial charge on any atom is -0.114 e. The molecule has 0 aliphatic rings. The molecule has 0 heterocycles. The van der Waals surface area contributed by atoms with Gasteiger partial charge in [-0.05, 0) is 48.8 Å². The van der Waals surface area contributed by atoms with Gasteiger partial charge in [-0.25, -0.2) is 0 Å². The van der Waals surface area contributed by atoms with Crippen LogP contribution >= 0.6 is 49.8 Å². The summed E-state index contributed by atoms with van der Waals surface area (Å²) in [6.07, 6.45) is 9.00. The maximum atomic E-state index is 2.39. The third-order valence-electron chi connectivity index (χ3n) is 2.87. The smallest absolute Gasteiger partial charge is 0.0286 e. The van der Waals surface area contributed by atoms with Gasteiger partial charge in [-0.3, -0.25) is 0 Å². The van der Waals surface area contributed by atoms with E-state index in [9.17, 15) is 0 Å². The molecule has 0 aromatic rings. The zero-order chi connectivity index (χ0) is 12.6. The maximum absolute atomic E-state index is 2.39. The molecule has 0 radical (unpaired) electrons. The molecule has 18 heavy (non-hydrogen) atoms. The molecule has 2 unspecified atom stereocenters. The van der Waals surface area contributed by atoms with Crippen molar-refractivity contribution in [3.8, 4) is 0 Å². The lowest BCUT2D eigenvalue weighted by atomic mass is 10.3. The van der Waals surface area contributed by atoms with Crippen molar-refractivity contribution < 1.29 is 0 Å². The quantitative estimate of drug-likeness (QED) is 0.373. The first-order valence-corrected chi connectivity index (χ1v) is 10.7. The second-order valence-electron chi connectivity index (χ2n) is 5.57. The van der Waals surface area contributed by atoms with Crippen LogP contribution in [0.3, 0.4) is 0 Å². The van der Waals surface area contributed by atoms with E-state index in [0.717, 1.165) is 11.8 Å². The Morgan fingerprint density at radius 1 is 0.667 bits per heavy atom. The second kappa shape index (κ2) is 15.2. The highest BCUT2D eigenvalue weighted by Gasteiger charge is 2.12. The lowest BCUT2D eigenvalue weighted by molar-refractivity contribution is 0.741. The second-order valence-corrected chi connectivity index (χ2v) is 11.1. The minimum atomic E-state index is 0. The van der Waals surface area contributed by atoms with Crippen LogP contribution in [0.25, 0.3) is 0 Å². The summed E-state index contributed by atoms with van der Waals surface area (Å²) in [5, 5.41) is 0. The van der Waals surface area contributed by atoms with Crippen LogP contribution < -0.4 is 0 Å². The molecular formula is C14H34Br2P2. The van der Waals surface area contributed by atoms with Crippen molar-refractivity contribution >= 4 is 49.8 Å². The summed E-state index contributed by atoms with van der Waals surface area (Å²) in [6.45, 7) is 14.3. The van der Waals surface area contributed by atoms with E-state index in [0.29, 0.717) is 15.8 Å². The molecule has 0 N–H and O–H groups in total. The molecule has 0 aliphatic carbocycles. The molecule has 0 aromatic carbocycles. The highest BCUT2D eigenvalue weighted by Crippen LogP contribution is 2.44. The Hall–Kier alpha value is 1.82. The van der Waals surface area contributed by atoms with E-state index in [1.54, 1.807) is 12.3 Å². The third-order valence-corrected chi connectivity index (χ3v) is 9.22. The molecule has 0 aliphatic heterocycles. The molecule has 0 amide bonds. The van der Waals surface area contributed by atoms with Crippen LogP contribution in [0.4, 0.5) is 0 Å². The van der Waals surface area contributed by atoms with Gasteiger partial charge in [0.05, 0.1) is 0 Å². The van der Waals surface area contributed by atoms with E-state index < -0.39 is 0 Å². The topological polar surface area (TPSA) is 0 Å². The monoisotopic (exact) mass is 422 g/mol.